The van der Waals surface area contributed by atoms with Crippen LogP contribution in [0.3, 0.4) is 0 Å². The van der Waals surface area contributed by atoms with Crippen LogP contribution in [0.5, 0.6) is 5.75 Å². The van der Waals surface area contributed by atoms with Crippen molar-refractivity contribution in [2.45, 2.75) is 19.4 Å². The summed E-state index contributed by atoms with van der Waals surface area (Å²) in [5.41, 5.74) is -0.325. The Morgan fingerprint density at radius 3 is 2.52 bits per heavy atom. The molecule has 132 valence electrons. The highest BCUT2D eigenvalue weighted by molar-refractivity contribution is 5.93. The molecule has 0 saturated heterocycles. The van der Waals surface area contributed by atoms with E-state index in [0.29, 0.717) is 12.2 Å². The molecule has 25 heavy (non-hydrogen) atoms. The molecule has 0 aliphatic heterocycles. The SMILES string of the molecule is CC[C@H](Oc1ccccc1)C(=O)OCC(=O)Nc1cc(F)ccc1F. The molecule has 0 aliphatic rings. The second-order valence-corrected chi connectivity index (χ2v) is 5.11. The predicted molar refractivity (Wildman–Crippen MR) is 87.1 cm³/mol. The van der Waals surface area contributed by atoms with Crippen LogP contribution in [0, 0.1) is 11.6 Å². The van der Waals surface area contributed by atoms with Gasteiger partial charge < -0.3 is 14.8 Å². The Morgan fingerprint density at radius 1 is 1.12 bits per heavy atom. The molecule has 2 aromatic carbocycles. The maximum Gasteiger partial charge on any atom is 0.347 e. The Hall–Kier alpha value is -2.96. The van der Waals surface area contributed by atoms with Gasteiger partial charge in [-0.2, -0.15) is 0 Å². The average Bonchev–Trinajstić information content (AvgIpc) is 2.61. The van der Waals surface area contributed by atoms with Crippen molar-refractivity contribution in [2.24, 2.45) is 0 Å². The average molecular weight is 349 g/mol. The molecule has 0 radical (unpaired) electrons. The van der Waals surface area contributed by atoms with Crippen molar-refractivity contribution < 1.29 is 27.8 Å². The summed E-state index contributed by atoms with van der Waals surface area (Å²) >= 11 is 0. The Bertz CT molecular complexity index is 737. The van der Waals surface area contributed by atoms with E-state index in [1.54, 1.807) is 31.2 Å². The molecule has 0 heterocycles. The number of amides is 1. The summed E-state index contributed by atoms with van der Waals surface area (Å²) in [5, 5.41) is 2.14. The van der Waals surface area contributed by atoms with Gasteiger partial charge in [-0.05, 0) is 30.7 Å². The fourth-order valence-electron chi connectivity index (χ4n) is 1.97. The molecular formula is C18H17F2NO4. The smallest absolute Gasteiger partial charge is 0.347 e. The van der Waals surface area contributed by atoms with Crippen LogP contribution in [-0.4, -0.2) is 24.6 Å². The van der Waals surface area contributed by atoms with Crippen molar-refractivity contribution in [3.8, 4) is 5.75 Å². The standard InChI is InChI=1S/C18H17F2NO4/c1-2-16(25-13-6-4-3-5-7-13)18(23)24-11-17(22)21-15-10-12(19)8-9-14(15)20/h3-10,16H,2,11H2,1H3,(H,21,22)/t16-/m0/s1. The van der Waals surface area contributed by atoms with Gasteiger partial charge in [0.25, 0.3) is 5.91 Å². The van der Waals surface area contributed by atoms with Crippen LogP contribution in [0.15, 0.2) is 48.5 Å². The second kappa shape index (κ2) is 8.77. The zero-order valence-corrected chi connectivity index (χ0v) is 13.5. The third-order valence-corrected chi connectivity index (χ3v) is 3.20. The number of carbonyl (C=O) groups excluding carboxylic acids is 2. The summed E-state index contributed by atoms with van der Waals surface area (Å²) < 4.78 is 36.9. The molecule has 1 atom stereocenters. The molecular weight excluding hydrogens is 332 g/mol. The van der Waals surface area contributed by atoms with Crippen LogP contribution < -0.4 is 10.1 Å². The fourth-order valence-corrected chi connectivity index (χ4v) is 1.97. The van der Waals surface area contributed by atoms with E-state index in [0.717, 1.165) is 18.2 Å². The van der Waals surface area contributed by atoms with Gasteiger partial charge in [0.2, 0.25) is 0 Å². The minimum atomic E-state index is -0.874. The van der Waals surface area contributed by atoms with Crippen molar-refractivity contribution in [3.63, 3.8) is 0 Å². The van der Waals surface area contributed by atoms with Gasteiger partial charge in [-0.1, -0.05) is 25.1 Å². The molecule has 0 spiro atoms. The molecule has 0 unspecified atom stereocenters. The monoisotopic (exact) mass is 349 g/mol. The number of rotatable bonds is 7. The van der Waals surface area contributed by atoms with E-state index >= 15 is 0 Å². The molecule has 0 saturated carbocycles. The van der Waals surface area contributed by atoms with Crippen LogP contribution in [0.4, 0.5) is 14.5 Å². The Morgan fingerprint density at radius 2 is 1.84 bits per heavy atom. The first-order valence-electron chi connectivity index (χ1n) is 7.63. The Balaban J connectivity index is 1.87. The fraction of sp³-hybridized carbons (Fsp3) is 0.222. The highest BCUT2D eigenvalue weighted by Gasteiger charge is 2.21. The molecule has 7 heteroatoms. The van der Waals surface area contributed by atoms with Crippen LogP contribution in [-0.2, 0) is 14.3 Å². The summed E-state index contributed by atoms with van der Waals surface area (Å²) in [6.45, 7) is 1.10. The second-order valence-electron chi connectivity index (χ2n) is 5.11. The minimum Gasteiger partial charge on any atom is -0.479 e. The van der Waals surface area contributed by atoms with Crippen molar-refractivity contribution in [2.75, 3.05) is 11.9 Å². The Labute approximate surface area is 143 Å². The molecule has 1 N–H and O–H groups in total. The third kappa shape index (κ3) is 5.56. The van der Waals surface area contributed by atoms with Crippen molar-refractivity contribution in [1.82, 2.24) is 0 Å². The van der Waals surface area contributed by atoms with E-state index in [-0.39, 0.29) is 5.69 Å². The first kappa shape index (κ1) is 18.4. The normalized spacial score (nSPS) is 11.5. The van der Waals surface area contributed by atoms with E-state index in [2.05, 4.69) is 5.32 Å². The molecule has 0 aliphatic carbocycles. The first-order valence-corrected chi connectivity index (χ1v) is 7.63. The molecule has 1 amide bonds. The van der Waals surface area contributed by atoms with Gasteiger partial charge in [0, 0.05) is 6.07 Å². The number of carbonyl (C=O) groups is 2. The lowest BCUT2D eigenvalue weighted by molar-refractivity contribution is -0.154. The number of hydrogen-bond donors (Lipinski definition) is 1. The quantitative estimate of drug-likeness (QED) is 0.779. The zero-order chi connectivity index (χ0) is 18.2. The van der Waals surface area contributed by atoms with E-state index < -0.39 is 36.2 Å². The number of para-hydroxylation sites is 1. The zero-order valence-electron chi connectivity index (χ0n) is 13.5. The van der Waals surface area contributed by atoms with Gasteiger partial charge in [-0.15, -0.1) is 0 Å². The van der Waals surface area contributed by atoms with Gasteiger partial charge in [-0.25, -0.2) is 13.6 Å². The van der Waals surface area contributed by atoms with Crippen molar-refractivity contribution in [1.29, 1.82) is 0 Å². The highest BCUT2D eigenvalue weighted by Crippen LogP contribution is 2.16. The third-order valence-electron chi connectivity index (χ3n) is 3.20. The highest BCUT2D eigenvalue weighted by atomic mass is 19.1. The lowest BCUT2D eigenvalue weighted by Crippen LogP contribution is -2.31. The van der Waals surface area contributed by atoms with Gasteiger partial charge in [0.15, 0.2) is 12.7 Å². The molecule has 2 aromatic rings. The summed E-state index contributed by atoms with van der Waals surface area (Å²) in [7, 11) is 0. The first-order chi connectivity index (χ1) is 12.0. The van der Waals surface area contributed by atoms with Gasteiger partial charge >= 0.3 is 5.97 Å². The van der Waals surface area contributed by atoms with Crippen molar-refractivity contribution >= 4 is 17.6 Å². The molecule has 2 rings (SSSR count). The number of benzene rings is 2. The topological polar surface area (TPSA) is 64.6 Å². The maximum atomic E-state index is 13.4. The van der Waals surface area contributed by atoms with Gasteiger partial charge in [0.1, 0.15) is 17.4 Å². The van der Waals surface area contributed by atoms with E-state index in [9.17, 15) is 18.4 Å². The maximum absolute atomic E-state index is 13.4. The van der Waals surface area contributed by atoms with Crippen LogP contribution in [0.2, 0.25) is 0 Å². The lowest BCUT2D eigenvalue weighted by Gasteiger charge is -2.16. The molecule has 0 bridgehead atoms. The minimum absolute atomic E-state index is 0.325. The summed E-state index contributed by atoms with van der Waals surface area (Å²) in [6, 6.07) is 11.4. The van der Waals surface area contributed by atoms with E-state index in [4.69, 9.17) is 9.47 Å². The van der Waals surface area contributed by atoms with E-state index in [1.165, 1.54) is 0 Å². The van der Waals surface area contributed by atoms with E-state index in [1.807, 2.05) is 6.07 Å². The van der Waals surface area contributed by atoms with Crippen LogP contribution >= 0.6 is 0 Å². The number of anilines is 1. The number of ether oxygens (including phenoxy) is 2. The summed E-state index contributed by atoms with van der Waals surface area (Å²) in [5.74, 6) is -2.50. The van der Waals surface area contributed by atoms with Gasteiger partial charge in [-0.3, -0.25) is 4.79 Å². The number of halogens is 2. The number of nitrogens with one attached hydrogen (secondary N) is 1. The lowest BCUT2D eigenvalue weighted by atomic mass is 10.2. The molecule has 5 nitrogen and oxygen atoms in total. The predicted octanol–water partition coefficient (Wildman–Crippen LogP) is 3.30. The number of hydrogen-bond acceptors (Lipinski definition) is 4. The molecule has 0 aromatic heterocycles. The largest absolute Gasteiger partial charge is 0.479 e. The van der Waals surface area contributed by atoms with Gasteiger partial charge in [0.05, 0.1) is 5.69 Å². The van der Waals surface area contributed by atoms with Crippen LogP contribution in [0.25, 0.3) is 0 Å². The summed E-state index contributed by atoms with van der Waals surface area (Å²) in [4.78, 5) is 23.7. The molecule has 0 fully saturated rings. The summed E-state index contributed by atoms with van der Waals surface area (Å²) in [6.07, 6.45) is -0.533. The van der Waals surface area contributed by atoms with Crippen molar-refractivity contribution in [3.05, 3.63) is 60.2 Å². The Kier molecular flexibility index (Phi) is 6.45. The van der Waals surface area contributed by atoms with Crippen LogP contribution in [0.1, 0.15) is 13.3 Å². The number of esters is 1.